The van der Waals surface area contributed by atoms with Crippen LogP contribution in [0.2, 0.25) is 0 Å². The van der Waals surface area contributed by atoms with Gasteiger partial charge in [-0.25, -0.2) is 0 Å². The average Bonchev–Trinajstić information content (AvgIpc) is 4.11. The van der Waals surface area contributed by atoms with Crippen LogP contribution < -0.4 is 10.6 Å². The minimum Gasteiger partial charge on any atom is -0.0591 e. The topological polar surface area (TPSA) is 18.5 Å². The first-order valence-corrected chi connectivity index (χ1v) is 38.1. The summed E-state index contributed by atoms with van der Waals surface area (Å²) in [6.45, 7) is 34.4. The zero-order chi connectivity index (χ0) is 56.3. The van der Waals surface area contributed by atoms with Crippen LogP contribution in [0.3, 0.4) is 0 Å². The van der Waals surface area contributed by atoms with Gasteiger partial charge in [-0.3, -0.25) is 0 Å². The average molecular weight is 1190 g/mol. The van der Waals surface area contributed by atoms with E-state index in [1.807, 2.05) is 0 Å². The Hall–Kier alpha value is -1.15. The Morgan fingerprint density at radius 2 is 0.877 bits per heavy atom. The smallest absolute Gasteiger partial charge is 0.0591 e. The van der Waals surface area contributed by atoms with Gasteiger partial charge in [0.2, 0.25) is 0 Å². The molecule has 81 heavy (non-hydrogen) atoms. The van der Waals surface area contributed by atoms with Crippen LogP contribution in [0, 0.1) is 98.6 Å². The normalized spacial score (nSPS) is 36.1. The second-order valence-electron chi connectivity index (χ2n) is 31.2. The molecule has 0 spiro atoms. The number of benzene rings is 2. The SMILES string of the molecule is C.CC(C)CCCC(C)C1CC[C@H]2[C@@H]3CC=C4C[C@@H](OCCC(C)C)CC[C@]4(C)[C@H]3CC[C@]12C.CC(C)CCCC(C)C1CC[C@H]2[C@@H]3CC=C4C[C@@H](OCCC(C)P(=[Se])(c5ccccc5)c5ccccc5)CC[C@]4(C)[C@H]3CC[C@]12C.[B]. The molecule has 0 aromatic heterocycles. The molecule has 2 aromatic carbocycles. The summed E-state index contributed by atoms with van der Waals surface area (Å²) in [5.41, 5.74) is 4.48. The quantitative estimate of drug-likeness (QED) is 0.0705. The molecule has 0 aliphatic heterocycles. The summed E-state index contributed by atoms with van der Waals surface area (Å²) in [5, 5.41) is 2.92. The first-order chi connectivity index (χ1) is 37.7. The number of ether oxygens (including phenoxy) is 2. The molecule has 2 aromatic rings. The summed E-state index contributed by atoms with van der Waals surface area (Å²) in [5.74, 6) is 11.8. The van der Waals surface area contributed by atoms with Crippen molar-refractivity contribution < 1.29 is 9.47 Å². The van der Waals surface area contributed by atoms with Crippen LogP contribution in [-0.4, -0.2) is 54.6 Å². The van der Waals surface area contributed by atoms with Crippen molar-refractivity contribution in [1.29, 1.82) is 0 Å². The standard InChI is InChI=1S/C43H63OPSe.C32H56O.CH4.B/c1-31(2)14-13-15-32(3)39-22-23-40-38-21-20-34-30-35(24-27-42(34,5)41(38)25-28-43(39,40)6)44-29-26-33(4)45(46,36-16-9-7-10-17-36)37-18-11-8-12-19-37;1-22(2)9-8-10-24(5)28-13-14-29-27-12-11-25-21-26(33-20-17-23(3)4)15-18-31(25,6)30(27)16-19-32(28,29)7;;/h7-12,16-20,31-33,35,38-41H,13-15,21-30H2,1-6H3;11,22-24,26-30H,8-10,12-21H2,1-7H3;1H4;/t32?,33?,35-,38-,39?,40-,41-,42-,43+;24?,26-,27-,28?,29-,30-,31-,32+;;/m00../s1. The molecule has 6 saturated carbocycles. The molecule has 10 rings (SSSR count). The summed E-state index contributed by atoms with van der Waals surface area (Å²) < 4.78 is 13.1. The molecule has 8 aliphatic rings. The van der Waals surface area contributed by atoms with Gasteiger partial charge >= 0.3 is 209 Å². The number of rotatable bonds is 21. The Labute approximate surface area is 511 Å². The van der Waals surface area contributed by atoms with Gasteiger partial charge in [-0.05, 0) is 146 Å². The van der Waals surface area contributed by atoms with Crippen LogP contribution >= 0.6 is 5.51 Å². The van der Waals surface area contributed by atoms with Crippen LogP contribution in [0.4, 0.5) is 0 Å². The number of allylic oxidation sites excluding steroid dienone is 2. The Morgan fingerprint density at radius 3 is 1.27 bits per heavy atom. The summed E-state index contributed by atoms with van der Waals surface area (Å²) >= 11 is 3.77. The fourth-order valence-electron chi connectivity index (χ4n) is 20.6. The maximum atomic E-state index is 6.79. The van der Waals surface area contributed by atoms with Crippen molar-refractivity contribution in [1.82, 2.24) is 0 Å². The van der Waals surface area contributed by atoms with Gasteiger partial charge in [0.05, 0.1) is 6.10 Å². The van der Waals surface area contributed by atoms with Crippen molar-refractivity contribution >= 4 is 39.6 Å². The third-order valence-electron chi connectivity index (χ3n) is 25.4. The molecule has 0 saturated heterocycles. The van der Waals surface area contributed by atoms with E-state index in [0.717, 1.165) is 96.6 Å². The van der Waals surface area contributed by atoms with E-state index in [9.17, 15) is 0 Å². The molecule has 2 nitrogen and oxygen atoms in total. The Bertz CT molecular complexity index is 2320. The second-order valence-corrected chi connectivity index (χ2v) is 38.1. The number of hydrogen-bond donors (Lipinski definition) is 0. The predicted octanol–water partition coefficient (Wildman–Crippen LogP) is 20.7. The molecule has 3 radical (unpaired) electrons. The molecule has 6 fully saturated rings. The van der Waals surface area contributed by atoms with Gasteiger partial charge < -0.3 is 4.74 Å². The van der Waals surface area contributed by atoms with E-state index in [2.05, 4.69) is 178 Å². The van der Waals surface area contributed by atoms with Crippen LogP contribution in [0.5, 0.6) is 0 Å². The van der Waals surface area contributed by atoms with Crippen LogP contribution in [-0.2, 0) is 9.47 Å². The zero-order valence-corrected chi connectivity index (χ0v) is 56.4. The predicted molar refractivity (Wildman–Crippen MR) is 356 cm³/mol. The number of hydrogen-bond acceptors (Lipinski definition) is 2. The van der Waals surface area contributed by atoms with Crippen molar-refractivity contribution in [2.75, 3.05) is 13.2 Å². The van der Waals surface area contributed by atoms with E-state index < -0.39 is 5.51 Å². The van der Waals surface area contributed by atoms with Gasteiger partial charge in [-0.2, -0.15) is 0 Å². The van der Waals surface area contributed by atoms with Gasteiger partial charge in [0.1, 0.15) is 0 Å². The van der Waals surface area contributed by atoms with Crippen LogP contribution in [0.1, 0.15) is 252 Å². The molecule has 0 bridgehead atoms. The summed E-state index contributed by atoms with van der Waals surface area (Å²) in [7, 11) is 0. The molecule has 0 amide bonds. The van der Waals surface area contributed by atoms with Crippen molar-refractivity contribution in [3.05, 3.63) is 84.0 Å². The monoisotopic (exact) mass is 1190 g/mol. The van der Waals surface area contributed by atoms with E-state index in [1.165, 1.54) is 158 Å². The summed E-state index contributed by atoms with van der Waals surface area (Å²) in [4.78, 5) is 0. The van der Waals surface area contributed by atoms with Gasteiger partial charge in [-0.1, -0.05) is 134 Å². The van der Waals surface area contributed by atoms with Gasteiger partial charge in [0, 0.05) is 15.0 Å². The molecule has 0 heterocycles. The minimum atomic E-state index is -1.64. The summed E-state index contributed by atoms with van der Waals surface area (Å²) in [6, 6.07) is 22.4. The van der Waals surface area contributed by atoms with E-state index in [-0.39, 0.29) is 15.8 Å². The van der Waals surface area contributed by atoms with E-state index in [1.54, 1.807) is 11.1 Å². The van der Waals surface area contributed by atoms with Crippen molar-refractivity contribution in [2.24, 2.45) is 98.6 Å². The van der Waals surface area contributed by atoms with Gasteiger partial charge in [0.25, 0.3) is 0 Å². The van der Waals surface area contributed by atoms with Crippen molar-refractivity contribution in [3.63, 3.8) is 0 Å². The van der Waals surface area contributed by atoms with E-state index in [4.69, 9.17) is 9.47 Å². The van der Waals surface area contributed by atoms with E-state index in [0.29, 0.717) is 39.5 Å². The third kappa shape index (κ3) is 14.2. The molecule has 453 valence electrons. The van der Waals surface area contributed by atoms with Crippen LogP contribution in [0.15, 0.2) is 84.0 Å². The van der Waals surface area contributed by atoms with Crippen LogP contribution in [0.25, 0.3) is 0 Å². The number of fused-ring (bicyclic) bond motifs is 10. The molecular weight excluding hydrogens is 1070 g/mol. The second kappa shape index (κ2) is 28.8. The molecule has 8 aliphatic carbocycles. The Morgan fingerprint density at radius 1 is 0.481 bits per heavy atom. The first-order valence-electron chi connectivity index (χ1n) is 34.0. The van der Waals surface area contributed by atoms with Crippen molar-refractivity contribution in [2.45, 2.75) is 269 Å². The van der Waals surface area contributed by atoms with E-state index >= 15 is 0 Å². The minimum absolute atomic E-state index is 0. The molecule has 0 N–H and O–H groups in total. The maximum absolute atomic E-state index is 6.79. The Balaban J connectivity index is 0.000000240. The Kier molecular flexibility index (Phi) is 23.9. The first kappa shape index (κ1) is 67.4. The van der Waals surface area contributed by atoms with Crippen molar-refractivity contribution in [3.8, 4) is 0 Å². The van der Waals surface area contributed by atoms with Gasteiger partial charge in [-0.15, -0.1) is 0 Å². The molecule has 5 unspecified atom stereocenters. The fourth-order valence-corrected chi connectivity index (χ4v) is 25.8. The third-order valence-corrected chi connectivity index (χ3v) is 33.9. The molecular formula is C76H123BO2PSe. The van der Waals surface area contributed by atoms with Gasteiger partial charge in [0.15, 0.2) is 0 Å². The summed E-state index contributed by atoms with van der Waals surface area (Å²) in [6.07, 6.45) is 39.4. The zero-order valence-electron chi connectivity index (χ0n) is 53.8. The molecule has 5 heteroatoms. The molecule has 17 atom stereocenters. The fraction of sp³-hybridized carbons (Fsp3) is 0.789.